The fourth-order valence-electron chi connectivity index (χ4n) is 1.13. The minimum Gasteiger partial charge on any atom is -0.389 e. The summed E-state index contributed by atoms with van der Waals surface area (Å²) in [4.78, 5) is 0. The summed E-state index contributed by atoms with van der Waals surface area (Å²) in [5.41, 5.74) is 2.52. The maximum atomic E-state index is 4.00. The van der Waals surface area contributed by atoms with Gasteiger partial charge in [-0.15, -0.1) is 0 Å². The van der Waals surface area contributed by atoms with E-state index in [2.05, 4.69) is 39.2 Å². The molecule has 1 nitrogen and oxygen atoms in total. The first-order chi connectivity index (χ1) is 6.57. The van der Waals surface area contributed by atoms with Crippen LogP contribution in [0.2, 0.25) is 0 Å². The van der Waals surface area contributed by atoms with Crippen molar-refractivity contribution in [3.05, 3.63) is 24.4 Å². The Hall–Kier alpha value is -0.720. The predicted octanol–water partition coefficient (Wildman–Crippen LogP) is 3.88. The third-order valence-electron chi connectivity index (χ3n) is 2.51. The molecule has 0 aliphatic carbocycles. The number of rotatable bonds is 8. The predicted molar refractivity (Wildman–Crippen MR) is 65.3 cm³/mol. The summed E-state index contributed by atoms with van der Waals surface area (Å²) in [6, 6.07) is 0. The minimum atomic E-state index is 0.542. The third kappa shape index (κ3) is 6.76. The molecule has 0 aromatic carbocycles. The Morgan fingerprint density at radius 2 is 1.86 bits per heavy atom. The first kappa shape index (κ1) is 13.3. The van der Waals surface area contributed by atoms with E-state index in [0.29, 0.717) is 5.92 Å². The number of hydrogen-bond acceptors (Lipinski definition) is 1. The van der Waals surface area contributed by atoms with E-state index in [4.69, 9.17) is 0 Å². The molecule has 0 aliphatic rings. The van der Waals surface area contributed by atoms with Gasteiger partial charge in [0.15, 0.2) is 0 Å². The van der Waals surface area contributed by atoms with Crippen LogP contribution in [0.4, 0.5) is 0 Å². The molecule has 1 heteroatoms. The molecule has 0 heterocycles. The van der Waals surface area contributed by atoms with Crippen molar-refractivity contribution in [2.24, 2.45) is 5.92 Å². The van der Waals surface area contributed by atoms with Crippen LogP contribution < -0.4 is 5.32 Å². The van der Waals surface area contributed by atoms with Gasteiger partial charge in [-0.25, -0.2) is 0 Å². The molecule has 0 radical (unpaired) electrons. The van der Waals surface area contributed by atoms with Gasteiger partial charge in [-0.1, -0.05) is 39.5 Å². The summed E-state index contributed by atoms with van der Waals surface area (Å²) < 4.78 is 0. The summed E-state index contributed by atoms with van der Waals surface area (Å²) in [7, 11) is 0. The Balaban J connectivity index is 3.30. The van der Waals surface area contributed by atoms with Crippen LogP contribution in [0.3, 0.4) is 0 Å². The van der Waals surface area contributed by atoms with Crippen molar-refractivity contribution in [3.63, 3.8) is 0 Å². The molecule has 0 aromatic rings. The van der Waals surface area contributed by atoms with Crippen molar-refractivity contribution in [2.75, 3.05) is 6.54 Å². The Kier molecular flexibility index (Phi) is 7.27. The van der Waals surface area contributed by atoms with Gasteiger partial charge >= 0.3 is 0 Å². The van der Waals surface area contributed by atoms with E-state index in [1.54, 1.807) is 0 Å². The summed E-state index contributed by atoms with van der Waals surface area (Å²) in [5, 5.41) is 3.35. The van der Waals surface area contributed by atoms with Crippen molar-refractivity contribution in [1.82, 2.24) is 5.32 Å². The molecule has 0 saturated carbocycles. The van der Waals surface area contributed by atoms with Crippen LogP contribution in [-0.2, 0) is 0 Å². The van der Waals surface area contributed by atoms with Crippen LogP contribution in [-0.4, -0.2) is 6.54 Å². The Labute approximate surface area is 89.3 Å². The zero-order valence-electron chi connectivity index (χ0n) is 10.0. The third-order valence-corrected chi connectivity index (χ3v) is 2.51. The molecular formula is C13H25N. The van der Waals surface area contributed by atoms with E-state index < -0.39 is 0 Å². The van der Waals surface area contributed by atoms with Gasteiger partial charge in [-0.3, -0.25) is 0 Å². The number of nitrogens with one attached hydrogen (secondary N) is 1. The van der Waals surface area contributed by atoms with Crippen molar-refractivity contribution in [1.29, 1.82) is 0 Å². The second kappa shape index (κ2) is 7.66. The molecule has 0 fully saturated rings. The van der Waals surface area contributed by atoms with Gasteiger partial charge in [-0.2, -0.15) is 0 Å². The van der Waals surface area contributed by atoms with Crippen LogP contribution in [0.15, 0.2) is 24.4 Å². The van der Waals surface area contributed by atoms with Crippen LogP contribution in [0.5, 0.6) is 0 Å². The molecule has 0 bridgehead atoms. The van der Waals surface area contributed by atoms with Gasteiger partial charge in [-0.05, 0) is 31.6 Å². The fourth-order valence-corrected chi connectivity index (χ4v) is 1.13. The van der Waals surface area contributed by atoms with Crippen molar-refractivity contribution >= 4 is 0 Å². The molecule has 0 amide bonds. The maximum Gasteiger partial charge on any atom is 0.0143 e. The number of unbranched alkanes of at least 4 members (excludes halogenated alkanes) is 1. The summed E-state index contributed by atoms with van der Waals surface area (Å²) in [6.07, 6.45) is 4.74. The summed E-state index contributed by atoms with van der Waals surface area (Å²) in [5.74, 6) is 0.542. The van der Waals surface area contributed by atoms with Gasteiger partial charge in [0.05, 0.1) is 0 Å². The van der Waals surface area contributed by atoms with Gasteiger partial charge < -0.3 is 5.32 Å². The highest BCUT2D eigenvalue weighted by molar-refractivity contribution is 4.94. The van der Waals surface area contributed by atoms with Crippen molar-refractivity contribution in [3.8, 4) is 0 Å². The molecule has 14 heavy (non-hydrogen) atoms. The topological polar surface area (TPSA) is 12.0 Å². The first-order valence-corrected chi connectivity index (χ1v) is 5.67. The molecule has 1 N–H and O–H groups in total. The average Bonchev–Trinajstić information content (AvgIpc) is 2.16. The lowest BCUT2D eigenvalue weighted by atomic mass is 10.1. The average molecular weight is 195 g/mol. The van der Waals surface area contributed by atoms with E-state index in [1.807, 2.05) is 0 Å². The van der Waals surface area contributed by atoms with Gasteiger partial charge in [0.25, 0.3) is 0 Å². The highest BCUT2D eigenvalue weighted by Gasteiger charge is 1.98. The second-order valence-electron chi connectivity index (χ2n) is 4.17. The Bertz CT molecular complexity index is 180. The highest BCUT2D eigenvalue weighted by Crippen LogP contribution is 2.08. The maximum absolute atomic E-state index is 4.00. The van der Waals surface area contributed by atoms with Crippen molar-refractivity contribution in [2.45, 2.75) is 46.5 Å². The number of hydrogen-bond donors (Lipinski definition) is 1. The minimum absolute atomic E-state index is 0.542. The van der Waals surface area contributed by atoms with Crippen LogP contribution in [0.1, 0.15) is 46.5 Å². The van der Waals surface area contributed by atoms with E-state index in [1.165, 1.54) is 24.8 Å². The van der Waals surface area contributed by atoms with E-state index in [9.17, 15) is 0 Å². The van der Waals surface area contributed by atoms with Gasteiger partial charge in [0, 0.05) is 12.2 Å². The molecular weight excluding hydrogens is 170 g/mol. The monoisotopic (exact) mass is 195 g/mol. The normalized spacial score (nSPS) is 10.3. The number of allylic oxidation sites excluding steroid dienone is 2. The van der Waals surface area contributed by atoms with E-state index >= 15 is 0 Å². The lowest BCUT2D eigenvalue weighted by Crippen LogP contribution is -2.17. The SMILES string of the molecule is C=C(CC)CCCCNC(=C)C(C)C. The summed E-state index contributed by atoms with van der Waals surface area (Å²) >= 11 is 0. The lowest BCUT2D eigenvalue weighted by Gasteiger charge is -2.12. The molecule has 0 spiro atoms. The standard InChI is InChI=1S/C13H25N/c1-6-12(4)9-7-8-10-14-13(5)11(2)3/h11,14H,4-10H2,1-3H3. The molecule has 0 saturated heterocycles. The smallest absolute Gasteiger partial charge is 0.0143 e. The largest absolute Gasteiger partial charge is 0.389 e. The first-order valence-electron chi connectivity index (χ1n) is 5.67. The molecule has 0 aliphatic heterocycles. The second-order valence-corrected chi connectivity index (χ2v) is 4.17. The van der Waals surface area contributed by atoms with Gasteiger partial charge in [0.1, 0.15) is 0 Å². The molecule has 0 atom stereocenters. The van der Waals surface area contributed by atoms with E-state index in [-0.39, 0.29) is 0 Å². The van der Waals surface area contributed by atoms with Crippen LogP contribution in [0.25, 0.3) is 0 Å². The highest BCUT2D eigenvalue weighted by atomic mass is 14.9. The molecule has 0 unspecified atom stereocenters. The fraction of sp³-hybridized carbons (Fsp3) is 0.692. The van der Waals surface area contributed by atoms with E-state index in [0.717, 1.165) is 18.7 Å². The lowest BCUT2D eigenvalue weighted by molar-refractivity contribution is 0.614. The molecule has 0 rings (SSSR count). The zero-order chi connectivity index (χ0) is 11.0. The van der Waals surface area contributed by atoms with Crippen molar-refractivity contribution < 1.29 is 0 Å². The molecule has 0 aromatic heterocycles. The Morgan fingerprint density at radius 1 is 1.21 bits per heavy atom. The summed E-state index contributed by atoms with van der Waals surface area (Å²) in [6.45, 7) is 15.5. The van der Waals surface area contributed by atoms with Gasteiger partial charge in [0.2, 0.25) is 0 Å². The molecule has 82 valence electrons. The zero-order valence-corrected chi connectivity index (χ0v) is 10.0. The Morgan fingerprint density at radius 3 is 2.36 bits per heavy atom. The van der Waals surface area contributed by atoms with Crippen LogP contribution >= 0.6 is 0 Å². The quantitative estimate of drug-likeness (QED) is 0.458. The van der Waals surface area contributed by atoms with Crippen LogP contribution in [0, 0.1) is 5.92 Å².